The first-order valence-electron chi connectivity index (χ1n) is 12.0. The predicted molar refractivity (Wildman–Crippen MR) is 129 cm³/mol. The van der Waals surface area contributed by atoms with Crippen molar-refractivity contribution in [3.05, 3.63) is 59.7 Å². The Balaban J connectivity index is 1.21. The molecule has 2 aliphatic carbocycles. The molecule has 0 spiro atoms. The van der Waals surface area contributed by atoms with E-state index in [0.29, 0.717) is 25.2 Å². The summed E-state index contributed by atoms with van der Waals surface area (Å²) in [7, 11) is 0. The Bertz CT molecular complexity index is 1030. The molecule has 1 amide bonds. The van der Waals surface area contributed by atoms with Crippen molar-refractivity contribution in [2.45, 2.75) is 70.1 Å². The number of aromatic nitrogens is 2. The van der Waals surface area contributed by atoms with Crippen LogP contribution in [-0.4, -0.2) is 34.6 Å². The van der Waals surface area contributed by atoms with E-state index in [1.165, 1.54) is 6.07 Å². The molecule has 0 radical (unpaired) electrons. The van der Waals surface area contributed by atoms with Crippen molar-refractivity contribution in [2.24, 2.45) is 11.8 Å². The van der Waals surface area contributed by atoms with Gasteiger partial charge in [0.05, 0.1) is 0 Å². The number of alkyl halides is 2. The third-order valence-corrected chi connectivity index (χ3v) is 6.93. The Morgan fingerprint density at radius 1 is 1.23 bits per heavy atom. The fourth-order valence-electron chi connectivity index (χ4n) is 4.84. The average molecular weight is 506 g/mol. The zero-order valence-corrected chi connectivity index (χ0v) is 20.2. The van der Waals surface area contributed by atoms with Crippen molar-refractivity contribution in [1.82, 2.24) is 15.3 Å². The lowest BCUT2D eigenvalue weighted by Crippen LogP contribution is -2.46. The van der Waals surface area contributed by atoms with Gasteiger partial charge in [0.1, 0.15) is 6.10 Å². The fourth-order valence-corrected chi connectivity index (χ4v) is 5.00. The molecule has 2 unspecified atom stereocenters. The molecule has 188 valence electrons. The first-order valence-corrected chi connectivity index (χ1v) is 12.4. The minimum Gasteiger partial charge on any atom is -0.486 e. The zero-order chi connectivity index (χ0) is 24.8. The molecule has 0 bridgehead atoms. The number of halogens is 3. The number of nitrogens with one attached hydrogen (secondary N) is 1. The summed E-state index contributed by atoms with van der Waals surface area (Å²) in [6, 6.07) is 6.96. The Morgan fingerprint density at radius 2 is 2.06 bits per heavy atom. The van der Waals surface area contributed by atoms with Gasteiger partial charge in [-0.05, 0) is 92.6 Å². The van der Waals surface area contributed by atoms with E-state index < -0.39 is 6.61 Å². The molecule has 0 saturated heterocycles. The van der Waals surface area contributed by atoms with Crippen molar-refractivity contribution >= 4 is 17.5 Å². The van der Waals surface area contributed by atoms with E-state index in [0.717, 1.165) is 43.4 Å². The second kappa shape index (κ2) is 11.8. The van der Waals surface area contributed by atoms with Gasteiger partial charge < -0.3 is 14.8 Å². The summed E-state index contributed by atoms with van der Waals surface area (Å²) in [6.45, 7) is 0.768. The molecule has 2 saturated carbocycles. The standard InChI is InChI=1S/C26H30ClF2N3O3/c1-2-3-16-6-9-22(35-26(28)29)23(13-16)34-21-14-18(15-21)24(33)31-20-8-5-17(12-20)4-7-19-10-11-30-25(27)32-19/h2,6,9-11,13,17-18,20-21,26H,1,3-5,7-8,12,14-15H2,(H,31,33). The number of carbonyl (C=O) groups excluding carboxylic acids is 1. The summed E-state index contributed by atoms with van der Waals surface area (Å²) in [6.07, 6.45) is 9.75. The smallest absolute Gasteiger partial charge is 0.387 e. The van der Waals surface area contributed by atoms with Crippen LogP contribution in [-0.2, 0) is 17.6 Å². The minimum absolute atomic E-state index is 0.00180. The Hall–Kier alpha value is -2.74. The molecule has 2 atom stereocenters. The molecule has 1 N–H and O–H groups in total. The second-order valence-corrected chi connectivity index (χ2v) is 9.64. The van der Waals surface area contributed by atoms with Crippen molar-refractivity contribution in [1.29, 1.82) is 0 Å². The highest BCUT2D eigenvalue weighted by Gasteiger charge is 2.38. The van der Waals surface area contributed by atoms with Gasteiger partial charge in [-0.1, -0.05) is 12.1 Å². The highest BCUT2D eigenvalue weighted by molar-refractivity contribution is 6.28. The summed E-state index contributed by atoms with van der Waals surface area (Å²) >= 11 is 5.85. The molecule has 0 aliphatic heterocycles. The van der Waals surface area contributed by atoms with Gasteiger partial charge in [0.15, 0.2) is 11.5 Å². The molecule has 9 heteroatoms. The number of rotatable bonds is 11. The quantitative estimate of drug-likeness (QED) is 0.321. The third-order valence-electron chi connectivity index (χ3n) is 6.74. The molecule has 4 rings (SSSR count). The molecule has 1 aromatic heterocycles. The van der Waals surface area contributed by atoms with Crippen LogP contribution in [0.2, 0.25) is 5.28 Å². The van der Waals surface area contributed by atoms with Gasteiger partial charge in [-0.2, -0.15) is 8.78 Å². The number of aryl methyl sites for hydroxylation is 1. The van der Waals surface area contributed by atoms with Gasteiger partial charge in [-0.3, -0.25) is 4.79 Å². The van der Waals surface area contributed by atoms with E-state index in [2.05, 4.69) is 26.6 Å². The SMILES string of the molecule is C=CCc1ccc(OC(F)F)c(OC2CC(C(=O)NC3CCC(CCc4ccnc(Cl)n4)C3)C2)c1. The Morgan fingerprint density at radius 3 is 2.80 bits per heavy atom. The summed E-state index contributed by atoms with van der Waals surface area (Å²) in [4.78, 5) is 20.9. The van der Waals surface area contributed by atoms with Gasteiger partial charge in [0.25, 0.3) is 0 Å². The molecule has 35 heavy (non-hydrogen) atoms. The fraction of sp³-hybridized carbons (Fsp3) is 0.500. The maximum Gasteiger partial charge on any atom is 0.387 e. The van der Waals surface area contributed by atoms with Crippen molar-refractivity contribution in [2.75, 3.05) is 0 Å². The highest BCUT2D eigenvalue weighted by atomic mass is 35.5. The molecule has 1 aromatic carbocycles. The van der Waals surface area contributed by atoms with Crippen LogP contribution in [0.15, 0.2) is 43.1 Å². The second-order valence-electron chi connectivity index (χ2n) is 9.30. The number of carbonyl (C=O) groups is 1. The summed E-state index contributed by atoms with van der Waals surface area (Å²) in [5, 5.41) is 3.46. The van der Waals surface area contributed by atoms with Crippen LogP contribution in [0.3, 0.4) is 0 Å². The number of allylic oxidation sites excluding steroid dienone is 1. The molecule has 2 fully saturated rings. The van der Waals surface area contributed by atoms with E-state index >= 15 is 0 Å². The first-order chi connectivity index (χ1) is 16.9. The van der Waals surface area contributed by atoms with Crippen LogP contribution in [0.25, 0.3) is 0 Å². The van der Waals surface area contributed by atoms with Crippen LogP contribution in [0, 0.1) is 11.8 Å². The van der Waals surface area contributed by atoms with Crippen LogP contribution < -0.4 is 14.8 Å². The van der Waals surface area contributed by atoms with Gasteiger partial charge in [0.2, 0.25) is 11.2 Å². The minimum atomic E-state index is -2.93. The maximum atomic E-state index is 12.8. The van der Waals surface area contributed by atoms with E-state index in [9.17, 15) is 13.6 Å². The summed E-state index contributed by atoms with van der Waals surface area (Å²) in [5.74, 6) is 0.738. The number of ether oxygens (including phenoxy) is 2. The Labute approximate surface area is 209 Å². The molecule has 6 nitrogen and oxygen atoms in total. The van der Waals surface area contributed by atoms with Crippen LogP contribution in [0.4, 0.5) is 8.78 Å². The largest absolute Gasteiger partial charge is 0.486 e. The number of nitrogens with zero attached hydrogens (tertiary/aromatic N) is 2. The topological polar surface area (TPSA) is 73.3 Å². The van der Waals surface area contributed by atoms with Gasteiger partial charge in [0, 0.05) is 23.9 Å². The van der Waals surface area contributed by atoms with Gasteiger partial charge in [-0.25, -0.2) is 9.97 Å². The molecular formula is C26H30ClF2N3O3. The van der Waals surface area contributed by atoms with Crippen LogP contribution in [0.5, 0.6) is 11.5 Å². The van der Waals surface area contributed by atoms with Gasteiger partial charge in [-0.15, -0.1) is 6.58 Å². The summed E-state index contributed by atoms with van der Waals surface area (Å²) < 4.78 is 36.1. The number of benzene rings is 1. The predicted octanol–water partition coefficient (Wildman–Crippen LogP) is 5.54. The zero-order valence-electron chi connectivity index (χ0n) is 19.5. The molecular weight excluding hydrogens is 476 g/mol. The van der Waals surface area contributed by atoms with Crippen LogP contribution >= 0.6 is 11.6 Å². The van der Waals surface area contributed by atoms with Crippen molar-refractivity contribution < 1.29 is 23.0 Å². The normalized spacial score (nSPS) is 23.5. The lowest BCUT2D eigenvalue weighted by atomic mass is 9.81. The average Bonchev–Trinajstić information content (AvgIpc) is 3.23. The Kier molecular flexibility index (Phi) is 8.55. The molecule has 2 aliphatic rings. The number of hydrogen-bond donors (Lipinski definition) is 1. The molecule has 1 heterocycles. The van der Waals surface area contributed by atoms with Crippen molar-refractivity contribution in [3.63, 3.8) is 0 Å². The van der Waals surface area contributed by atoms with E-state index in [4.69, 9.17) is 16.3 Å². The van der Waals surface area contributed by atoms with Gasteiger partial charge >= 0.3 is 6.61 Å². The monoisotopic (exact) mass is 505 g/mol. The van der Waals surface area contributed by atoms with Crippen molar-refractivity contribution in [3.8, 4) is 11.5 Å². The number of hydrogen-bond acceptors (Lipinski definition) is 5. The molecule has 2 aromatic rings. The lowest BCUT2D eigenvalue weighted by Gasteiger charge is -2.35. The van der Waals surface area contributed by atoms with E-state index in [1.807, 2.05) is 6.07 Å². The van der Waals surface area contributed by atoms with E-state index in [1.54, 1.807) is 24.4 Å². The van der Waals surface area contributed by atoms with Crippen LogP contribution in [0.1, 0.15) is 49.8 Å². The third kappa shape index (κ3) is 7.13. The maximum absolute atomic E-state index is 12.8. The number of amides is 1. The lowest BCUT2D eigenvalue weighted by molar-refractivity contribution is -0.131. The van der Waals surface area contributed by atoms with E-state index in [-0.39, 0.29) is 40.8 Å². The summed E-state index contributed by atoms with van der Waals surface area (Å²) in [5.41, 5.74) is 1.83. The first kappa shape index (κ1) is 25.4. The highest BCUT2D eigenvalue weighted by Crippen LogP contribution is 2.37.